The zero-order chi connectivity index (χ0) is 37.3. The maximum Gasteiger partial charge on any atom is 0.0641 e. The van der Waals surface area contributed by atoms with Crippen LogP contribution in [0.1, 0.15) is 0 Å². The van der Waals surface area contributed by atoms with E-state index in [0.717, 1.165) is 51.2 Å². The molecular weight excluding hydrogens is 699 g/mol. The Hall–Kier alpha value is -7.14. The normalized spacial score (nSPS) is 11.2. The molecule has 1 aromatic heterocycles. The summed E-state index contributed by atoms with van der Waals surface area (Å²) in [5.74, 6) is 0. The average molecular weight is 736 g/mol. The summed E-state index contributed by atoms with van der Waals surface area (Å²) in [4.78, 5) is 7.24. The zero-order valence-corrected chi connectivity index (χ0v) is 31.4. The SMILES string of the molecule is c1ccc(N(c2ccccc2)c2ccc(N(c3ccccc3)c3ccccc3)c3c2sc2cccc(N(c4ccccc4)c4ccc5ccccc5c4)c23)cc1. The van der Waals surface area contributed by atoms with Crippen LogP contribution < -0.4 is 14.7 Å². The fourth-order valence-corrected chi connectivity index (χ4v) is 9.15. The largest absolute Gasteiger partial charge is 0.310 e. The third kappa shape index (κ3) is 6.03. The molecule has 0 aliphatic rings. The minimum Gasteiger partial charge on any atom is -0.310 e. The Morgan fingerprint density at radius 3 is 1.20 bits per heavy atom. The minimum absolute atomic E-state index is 1.10. The Morgan fingerprint density at radius 1 is 0.268 bits per heavy atom. The molecule has 0 unspecified atom stereocenters. The van der Waals surface area contributed by atoms with Gasteiger partial charge in [0.1, 0.15) is 0 Å². The Labute approximate surface area is 331 Å². The van der Waals surface area contributed by atoms with Crippen molar-refractivity contribution in [3.05, 3.63) is 224 Å². The third-order valence-electron chi connectivity index (χ3n) is 10.4. The van der Waals surface area contributed by atoms with Gasteiger partial charge in [-0.05, 0) is 108 Å². The standard InChI is InChI=1S/C52H37N3S/c1-6-21-40(22-7-1)53(41-23-8-2-9-24-41)47-35-36-48(54(42-25-10-3-11-26-42)43-27-12-4-13-28-43)52-51(47)50-46(31-18-32-49(50)56-52)55(44-29-14-5-15-30-44)45-34-33-38-19-16-17-20-39(38)37-45/h1-37H. The molecular formula is C52H37N3S. The van der Waals surface area contributed by atoms with E-state index in [9.17, 15) is 0 Å². The van der Waals surface area contributed by atoms with E-state index in [1.807, 2.05) is 11.3 Å². The molecule has 0 amide bonds. The molecule has 3 nitrogen and oxygen atoms in total. The fourth-order valence-electron chi connectivity index (χ4n) is 7.90. The Bertz CT molecular complexity index is 2830. The van der Waals surface area contributed by atoms with Crippen molar-refractivity contribution < 1.29 is 0 Å². The van der Waals surface area contributed by atoms with E-state index in [-0.39, 0.29) is 0 Å². The smallest absolute Gasteiger partial charge is 0.0641 e. The van der Waals surface area contributed by atoms with E-state index in [1.54, 1.807) is 0 Å². The van der Waals surface area contributed by atoms with Gasteiger partial charge in [0.05, 0.1) is 21.8 Å². The molecule has 0 aliphatic heterocycles. The lowest BCUT2D eigenvalue weighted by atomic mass is 10.0. The van der Waals surface area contributed by atoms with Crippen LogP contribution in [0.5, 0.6) is 0 Å². The molecule has 4 heteroatoms. The number of para-hydroxylation sites is 5. The highest BCUT2D eigenvalue weighted by Gasteiger charge is 2.27. The Morgan fingerprint density at radius 2 is 0.679 bits per heavy atom. The fraction of sp³-hybridized carbons (Fsp3) is 0. The molecule has 0 bridgehead atoms. The van der Waals surface area contributed by atoms with Gasteiger partial charge in [-0.3, -0.25) is 0 Å². The highest BCUT2D eigenvalue weighted by atomic mass is 32.1. The molecule has 56 heavy (non-hydrogen) atoms. The van der Waals surface area contributed by atoms with Gasteiger partial charge >= 0.3 is 0 Å². The van der Waals surface area contributed by atoms with Gasteiger partial charge in [-0.15, -0.1) is 11.3 Å². The van der Waals surface area contributed by atoms with Gasteiger partial charge in [-0.25, -0.2) is 0 Å². The lowest BCUT2D eigenvalue weighted by Crippen LogP contribution is -2.13. The van der Waals surface area contributed by atoms with Crippen LogP contribution in [0.3, 0.4) is 0 Å². The third-order valence-corrected chi connectivity index (χ3v) is 11.5. The number of nitrogens with zero attached hydrogens (tertiary/aromatic N) is 3. The second-order valence-electron chi connectivity index (χ2n) is 13.8. The summed E-state index contributed by atoms with van der Waals surface area (Å²) in [6, 6.07) is 80.5. The molecule has 0 atom stereocenters. The van der Waals surface area contributed by atoms with E-state index < -0.39 is 0 Å². The maximum absolute atomic E-state index is 2.43. The number of hydrogen-bond donors (Lipinski definition) is 0. The van der Waals surface area contributed by atoms with Crippen LogP contribution in [-0.4, -0.2) is 0 Å². The monoisotopic (exact) mass is 735 g/mol. The lowest BCUT2D eigenvalue weighted by molar-refractivity contribution is 1.28. The number of benzene rings is 9. The van der Waals surface area contributed by atoms with Crippen molar-refractivity contribution in [2.45, 2.75) is 0 Å². The highest BCUT2D eigenvalue weighted by molar-refractivity contribution is 7.26. The van der Waals surface area contributed by atoms with Crippen LogP contribution in [0, 0.1) is 0 Å². The van der Waals surface area contributed by atoms with Gasteiger partial charge in [0.25, 0.3) is 0 Å². The second kappa shape index (κ2) is 14.6. The number of thiophene rings is 1. The van der Waals surface area contributed by atoms with Crippen molar-refractivity contribution in [2.75, 3.05) is 14.7 Å². The molecule has 0 fully saturated rings. The van der Waals surface area contributed by atoms with Crippen molar-refractivity contribution >= 4 is 93.5 Å². The van der Waals surface area contributed by atoms with Crippen LogP contribution in [-0.2, 0) is 0 Å². The zero-order valence-electron chi connectivity index (χ0n) is 30.6. The summed E-state index contributed by atoms with van der Waals surface area (Å²) >= 11 is 1.86. The molecule has 0 N–H and O–H groups in total. The molecule has 9 aromatic carbocycles. The van der Waals surface area contributed by atoms with Gasteiger partial charge in [0.15, 0.2) is 0 Å². The molecule has 0 spiro atoms. The Kier molecular flexibility index (Phi) is 8.71. The molecule has 0 radical (unpaired) electrons. The lowest BCUT2D eigenvalue weighted by Gasteiger charge is -2.30. The van der Waals surface area contributed by atoms with Crippen molar-refractivity contribution in [2.24, 2.45) is 0 Å². The number of anilines is 9. The van der Waals surface area contributed by atoms with Crippen molar-refractivity contribution in [3.63, 3.8) is 0 Å². The van der Waals surface area contributed by atoms with Crippen molar-refractivity contribution in [3.8, 4) is 0 Å². The summed E-state index contributed by atoms with van der Waals surface area (Å²) in [5.41, 5.74) is 10.00. The van der Waals surface area contributed by atoms with E-state index in [4.69, 9.17) is 0 Å². The predicted molar refractivity (Wildman–Crippen MR) is 241 cm³/mol. The van der Waals surface area contributed by atoms with Crippen LogP contribution in [0.25, 0.3) is 30.9 Å². The van der Waals surface area contributed by atoms with Gasteiger partial charge in [-0.2, -0.15) is 0 Å². The summed E-state index contributed by atoms with van der Waals surface area (Å²) in [6.45, 7) is 0. The average Bonchev–Trinajstić information content (AvgIpc) is 3.68. The van der Waals surface area contributed by atoms with Crippen LogP contribution in [0.15, 0.2) is 224 Å². The molecule has 0 saturated heterocycles. The number of hydrogen-bond acceptors (Lipinski definition) is 4. The van der Waals surface area contributed by atoms with Crippen molar-refractivity contribution in [1.29, 1.82) is 0 Å². The first-order valence-corrected chi connectivity index (χ1v) is 19.8. The van der Waals surface area contributed by atoms with Gasteiger partial charge < -0.3 is 14.7 Å². The first kappa shape index (κ1) is 33.4. The van der Waals surface area contributed by atoms with Crippen LogP contribution >= 0.6 is 11.3 Å². The van der Waals surface area contributed by atoms with Crippen LogP contribution in [0.2, 0.25) is 0 Å². The topological polar surface area (TPSA) is 9.72 Å². The molecule has 1 heterocycles. The quantitative estimate of drug-likeness (QED) is 0.146. The predicted octanol–water partition coefficient (Wildman–Crippen LogP) is 15.6. The van der Waals surface area contributed by atoms with E-state index >= 15 is 0 Å². The summed E-state index contributed by atoms with van der Waals surface area (Å²) in [7, 11) is 0. The summed E-state index contributed by atoms with van der Waals surface area (Å²) < 4.78 is 2.43. The van der Waals surface area contributed by atoms with E-state index in [1.165, 1.54) is 30.9 Å². The first-order valence-electron chi connectivity index (χ1n) is 18.9. The van der Waals surface area contributed by atoms with Gasteiger partial charge in [0, 0.05) is 49.6 Å². The van der Waals surface area contributed by atoms with Gasteiger partial charge in [0.2, 0.25) is 0 Å². The van der Waals surface area contributed by atoms with Crippen LogP contribution in [0.4, 0.5) is 51.2 Å². The highest BCUT2D eigenvalue weighted by Crippen LogP contribution is 2.54. The maximum atomic E-state index is 2.43. The van der Waals surface area contributed by atoms with Crippen molar-refractivity contribution in [1.82, 2.24) is 0 Å². The van der Waals surface area contributed by atoms with Gasteiger partial charge in [-0.1, -0.05) is 127 Å². The van der Waals surface area contributed by atoms with E-state index in [0.29, 0.717) is 0 Å². The molecule has 10 aromatic rings. The molecule has 0 saturated carbocycles. The minimum atomic E-state index is 1.10. The molecule has 10 rings (SSSR count). The molecule has 266 valence electrons. The summed E-state index contributed by atoms with van der Waals surface area (Å²) in [5, 5.41) is 4.83. The Balaban J connectivity index is 1.33. The summed E-state index contributed by atoms with van der Waals surface area (Å²) in [6.07, 6.45) is 0. The molecule has 0 aliphatic carbocycles. The number of fused-ring (bicyclic) bond motifs is 4. The first-order chi connectivity index (χ1) is 27.8. The second-order valence-corrected chi connectivity index (χ2v) is 14.8. The number of rotatable bonds is 9. The van der Waals surface area contributed by atoms with E-state index in [2.05, 4.69) is 239 Å².